The van der Waals surface area contributed by atoms with Crippen LogP contribution in [0.15, 0.2) is 36.4 Å². The molecule has 0 unspecified atom stereocenters. The van der Waals surface area contributed by atoms with Crippen molar-refractivity contribution in [2.24, 2.45) is 0 Å². The molecule has 0 spiro atoms. The van der Waals surface area contributed by atoms with Gasteiger partial charge in [-0.1, -0.05) is 18.2 Å². The first kappa shape index (κ1) is 20.5. The summed E-state index contributed by atoms with van der Waals surface area (Å²) in [7, 11) is 4.59. The van der Waals surface area contributed by atoms with Gasteiger partial charge in [-0.25, -0.2) is 0 Å². The molecule has 150 valence electrons. The van der Waals surface area contributed by atoms with E-state index in [9.17, 15) is 4.79 Å². The maximum Gasteiger partial charge on any atom is 0.262 e. The third kappa shape index (κ3) is 4.80. The molecule has 8 heteroatoms. The molecule has 1 amide bonds. The largest absolute Gasteiger partial charge is 0.493 e. The number of amides is 1. The van der Waals surface area contributed by atoms with Crippen molar-refractivity contribution in [3.63, 3.8) is 0 Å². The summed E-state index contributed by atoms with van der Waals surface area (Å²) in [5, 5.41) is 2.81. The van der Waals surface area contributed by atoms with Crippen LogP contribution in [0.4, 0.5) is 5.69 Å². The number of ether oxygens (including phenoxy) is 4. The van der Waals surface area contributed by atoms with Gasteiger partial charge in [0.15, 0.2) is 18.1 Å². The van der Waals surface area contributed by atoms with Crippen molar-refractivity contribution in [1.82, 2.24) is 0 Å². The third-order valence-electron chi connectivity index (χ3n) is 4.10. The summed E-state index contributed by atoms with van der Waals surface area (Å²) in [6.07, 6.45) is 0. The van der Waals surface area contributed by atoms with Crippen LogP contribution >= 0.6 is 23.5 Å². The first-order valence-electron chi connectivity index (χ1n) is 8.71. The van der Waals surface area contributed by atoms with Gasteiger partial charge in [-0.3, -0.25) is 4.79 Å². The van der Waals surface area contributed by atoms with Crippen LogP contribution < -0.4 is 24.3 Å². The number of nitrogens with one attached hydrogen (secondary N) is 1. The molecular formula is C20H23NO5S2. The van der Waals surface area contributed by atoms with Crippen LogP contribution in [0.2, 0.25) is 0 Å². The van der Waals surface area contributed by atoms with Gasteiger partial charge in [-0.15, -0.1) is 23.5 Å². The molecule has 1 aliphatic heterocycles. The van der Waals surface area contributed by atoms with E-state index in [2.05, 4.69) is 11.4 Å². The highest BCUT2D eigenvalue weighted by atomic mass is 32.2. The molecule has 1 fully saturated rings. The molecule has 0 saturated carbocycles. The minimum Gasteiger partial charge on any atom is -0.493 e. The standard InChI is InChI=1S/C20H23NO5S2/c1-23-16-10-13(11-17(24-2)19(16)25-3)21-18(22)12-26-15-7-5-4-6-14(15)20-27-8-9-28-20/h4-7,10-11,20H,8-9,12H2,1-3H3,(H,21,22). The molecule has 0 bridgehead atoms. The van der Waals surface area contributed by atoms with E-state index in [0.29, 0.717) is 27.5 Å². The Kier molecular flexibility index (Phi) is 7.22. The zero-order valence-electron chi connectivity index (χ0n) is 16.0. The number of hydrogen-bond donors (Lipinski definition) is 1. The minimum atomic E-state index is -0.268. The predicted molar refractivity (Wildman–Crippen MR) is 114 cm³/mol. The first-order valence-corrected chi connectivity index (χ1v) is 10.8. The van der Waals surface area contributed by atoms with Crippen LogP contribution in [0.25, 0.3) is 0 Å². The van der Waals surface area contributed by atoms with E-state index in [1.165, 1.54) is 21.3 Å². The molecular weight excluding hydrogens is 398 g/mol. The lowest BCUT2D eigenvalue weighted by Gasteiger charge is -2.16. The molecule has 0 aromatic heterocycles. The van der Waals surface area contributed by atoms with Crippen molar-refractivity contribution in [3.05, 3.63) is 42.0 Å². The SMILES string of the molecule is COc1cc(NC(=O)COc2ccccc2C2SCCS2)cc(OC)c1OC. The van der Waals surface area contributed by atoms with E-state index in [4.69, 9.17) is 18.9 Å². The van der Waals surface area contributed by atoms with Crippen molar-refractivity contribution in [2.45, 2.75) is 4.58 Å². The van der Waals surface area contributed by atoms with Gasteiger partial charge in [-0.05, 0) is 6.07 Å². The Bertz CT molecular complexity index is 799. The van der Waals surface area contributed by atoms with Crippen LogP contribution in [-0.2, 0) is 4.79 Å². The quantitative estimate of drug-likeness (QED) is 0.685. The van der Waals surface area contributed by atoms with E-state index in [1.807, 2.05) is 41.7 Å². The van der Waals surface area contributed by atoms with Crippen LogP contribution in [0.3, 0.4) is 0 Å². The molecule has 0 radical (unpaired) electrons. The van der Waals surface area contributed by atoms with Gasteiger partial charge in [-0.2, -0.15) is 0 Å². The fourth-order valence-electron chi connectivity index (χ4n) is 2.84. The predicted octanol–water partition coefficient (Wildman–Crippen LogP) is 4.21. The molecule has 6 nitrogen and oxygen atoms in total. The van der Waals surface area contributed by atoms with E-state index < -0.39 is 0 Å². The molecule has 0 aliphatic carbocycles. The number of methoxy groups -OCH3 is 3. The lowest BCUT2D eigenvalue weighted by atomic mass is 10.2. The zero-order valence-corrected chi connectivity index (χ0v) is 17.7. The molecule has 1 aliphatic rings. The van der Waals surface area contributed by atoms with E-state index in [1.54, 1.807) is 12.1 Å². The minimum absolute atomic E-state index is 0.0876. The first-order chi connectivity index (χ1) is 13.7. The second kappa shape index (κ2) is 9.84. The second-order valence-corrected chi connectivity index (χ2v) is 8.59. The zero-order chi connectivity index (χ0) is 19.9. The Morgan fingerprint density at radius 3 is 2.25 bits per heavy atom. The normalized spacial score (nSPS) is 13.8. The summed E-state index contributed by atoms with van der Waals surface area (Å²) in [5.41, 5.74) is 1.66. The van der Waals surface area contributed by atoms with E-state index in [-0.39, 0.29) is 12.5 Å². The lowest BCUT2D eigenvalue weighted by molar-refractivity contribution is -0.118. The maximum atomic E-state index is 12.4. The highest BCUT2D eigenvalue weighted by Gasteiger charge is 2.22. The molecule has 28 heavy (non-hydrogen) atoms. The summed E-state index contributed by atoms with van der Waals surface area (Å²) in [4.78, 5) is 12.4. The molecule has 2 aromatic carbocycles. The van der Waals surface area contributed by atoms with Crippen molar-refractivity contribution in [3.8, 4) is 23.0 Å². The molecule has 2 aromatic rings. The Labute approximate surface area is 173 Å². The van der Waals surface area contributed by atoms with Crippen molar-refractivity contribution in [1.29, 1.82) is 0 Å². The van der Waals surface area contributed by atoms with Crippen molar-refractivity contribution in [2.75, 3.05) is 44.8 Å². The van der Waals surface area contributed by atoms with Crippen LogP contribution in [0.5, 0.6) is 23.0 Å². The van der Waals surface area contributed by atoms with Gasteiger partial charge in [0, 0.05) is 34.9 Å². The monoisotopic (exact) mass is 421 g/mol. The molecule has 0 atom stereocenters. The van der Waals surface area contributed by atoms with E-state index in [0.717, 1.165) is 22.8 Å². The van der Waals surface area contributed by atoms with Gasteiger partial charge >= 0.3 is 0 Å². The fourth-order valence-corrected chi connectivity index (χ4v) is 5.75. The summed E-state index contributed by atoms with van der Waals surface area (Å²) < 4.78 is 22.1. The third-order valence-corrected chi connectivity index (χ3v) is 7.17. The summed E-state index contributed by atoms with van der Waals surface area (Å²) >= 11 is 3.80. The topological polar surface area (TPSA) is 66.0 Å². The molecule has 1 N–H and O–H groups in total. The van der Waals surface area contributed by atoms with Gasteiger partial charge in [0.25, 0.3) is 5.91 Å². The number of carbonyl (C=O) groups is 1. The lowest BCUT2D eigenvalue weighted by Crippen LogP contribution is -2.20. The number of benzene rings is 2. The Morgan fingerprint density at radius 2 is 1.64 bits per heavy atom. The van der Waals surface area contributed by atoms with Crippen LogP contribution in [0, 0.1) is 0 Å². The highest BCUT2D eigenvalue weighted by molar-refractivity contribution is 8.19. The van der Waals surface area contributed by atoms with Gasteiger partial charge in [0.05, 0.1) is 25.9 Å². The average Bonchev–Trinajstić information content (AvgIpc) is 3.26. The number of thioether (sulfide) groups is 2. The molecule has 3 rings (SSSR count). The number of para-hydroxylation sites is 1. The highest BCUT2D eigenvalue weighted by Crippen LogP contribution is 2.48. The van der Waals surface area contributed by atoms with Gasteiger partial charge in [0.1, 0.15) is 5.75 Å². The second-order valence-electron chi connectivity index (χ2n) is 5.86. The van der Waals surface area contributed by atoms with Crippen LogP contribution in [0.1, 0.15) is 10.1 Å². The molecule has 1 saturated heterocycles. The van der Waals surface area contributed by atoms with E-state index >= 15 is 0 Å². The Morgan fingerprint density at radius 1 is 1.00 bits per heavy atom. The average molecular weight is 422 g/mol. The smallest absolute Gasteiger partial charge is 0.262 e. The summed E-state index contributed by atoms with van der Waals surface area (Å²) in [5.74, 6) is 4.15. The number of rotatable bonds is 8. The van der Waals surface area contributed by atoms with Crippen molar-refractivity contribution < 1.29 is 23.7 Å². The van der Waals surface area contributed by atoms with Crippen LogP contribution in [-0.4, -0.2) is 45.3 Å². The Hall–Kier alpha value is -2.19. The summed E-state index contributed by atoms with van der Waals surface area (Å²) in [6.45, 7) is -0.0876. The maximum absolute atomic E-state index is 12.4. The van der Waals surface area contributed by atoms with Gasteiger partial charge in [0.2, 0.25) is 5.75 Å². The fraction of sp³-hybridized carbons (Fsp3) is 0.350. The number of hydrogen-bond acceptors (Lipinski definition) is 7. The molecule has 1 heterocycles. The summed E-state index contributed by atoms with van der Waals surface area (Å²) in [6, 6.07) is 11.2. The number of anilines is 1. The number of carbonyl (C=O) groups excluding carboxylic acids is 1. The van der Waals surface area contributed by atoms with Crippen molar-refractivity contribution >= 4 is 35.1 Å². The van der Waals surface area contributed by atoms with Gasteiger partial charge < -0.3 is 24.3 Å². The Balaban J connectivity index is 1.67.